The lowest BCUT2D eigenvalue weighted by atomic mass is 10.0. The Hall–Kier alpha value is -3.04. The van der Waals surface area contributed by atoms with Gasteiger partial charge in [-0.3, -0.25) is 14.9 Å². The van der Waals surface area contributed by atoms with Crippen molar-refractivity contribution in [3.8, 4) is 0 Å². The molecule has 28 heavy (non-hydrogen) atoms. The van der Waals surface area contributed by atoms with Crippen molar-refractivity contribution in [2.45, 2.75) is 13.0 Å². The van der Waals surface area contributed by atoms with Crippen LogP contribution in [0.5, 0.6) is 0 Å². The number of nitro benzene ring substituents is 1. The highest BCUT2D eigenvalue weighted by Gasteiger charge is 2.28. The standard InChI is InChI=1S/C19H19N3O5S/c1-21-9-8-14-15(11-21)28-18(17(14)19(24)27-2)20-16(23)7-6-12-4-3-5-13(10-12)22(25)26/h3-7,10H,8-9,11H2,1-2H3,(H,20,23)/b7-6+. The second-order valence-electron chi connectivity index (χ2n) is 6.36. The normalized spacial score (nSPS) is 13.9. The summed E-state index contributed by atoms with van der Waals surface area (Å²) >= 11 is 1.37. The lowest BCUT2D eigenvalue weighted by Gasteiger charge is -2.22. The minimum absolute atomic E-state index is 0.0504. The molecule has 0 fully saturated rings. The van der Waals surface area contributed by atoms with Gasteiger partial charge in [0.1, 0.15) is 5.00 Å². The Morgan fingerprint density at radius 1 is 1.39 bits per heavy atom. The molecule has 9 heteroatoms. The van der Waals surface area contributed by atoms with Crippen molar-refractivity contribution in [3.05, 3.63) is 62.0 Å². The van der Waals surface area contributed by atoms with Gasteiger partial charge in [0.25, 0.3) is 5.69 Å². The Labute approximate surface area is 165 Å². The van der Waals surface area contributed by atoms with E-state index in [-0.39, 0.29) is 5.69 Å². The van der Waals surface area contributed by atoms with Crippen molar-refractivity contribution in [1.29, 1.82) is 0 Å². The van der Waals surface area contributed by atoms with Crippen LogP contribution in [-0.2, 0) is 22.5 Å². The van der Waals surface area contributed by atoms with Gasteiger partial charge in [0.05, 0.1) is 17.6 Å². The summed E-state index contributed by atoms with van der Waals surface area (Å²) < 4.78 is 4.90. The van der Waals surface area contributed by atoms with Gasteiger partial charge in [0.15, 0.2) is 0 Å². The molecule has 3 rings (SSSR count). The summed E-state index contributed by atoms with van der Waals surface area (Å²) in [7, 11) is 3.32. The number of thiophene rings is 1. The number of benzene rings is 1. The summed E-state index contributed by atoms with van der Waals surface area (Å²) in [6.45, 7) is 1.54. The average Bonchev–Trinajstić information content (AvgIpc) is 3.02. The Balaban J connectivity index is 1.81. The molecule has 1 N–H and O–H groups in total. The van der Waals surface area contributed by atoms with Gasteiger partial charge in [-0.2, -0.15) is 0 Å². The largest absolute Gasteiger partial charge is 0.465 e. The number of carbonyl (C=O) groups is 2. The number of amides is 1. The Bertz CT molecular complexity index is 966. The number of fused-ring (bicyclic) bond motifs is 1. The van der Waals surface area contributed by atoms with E-state index in [0.29, 0.717) is 29.1 Å². The molecule has 0 saturated heterocycles. The van der Waals surface area contributed by atoms with E-state index in [1.54, 1.807) is 12.1 Å². The molecule has 0 unspecified atom stereocenters. The SMILES string of the molecule is COC(=O)c1c(NC(=O)/C=C/c2cccc([N+](=O)[O-])c2)sc2c1CCN(C)C2. The molecule has 2 heterocycles. The molecule has 0 saturated carbocycles. The molecule has 0 radical (unpaired) electrons. The lowest BCUT2D eigenvalue weighted by molar-refractivity contribution is -0.384. The van der Waals surface area contributed by atoms with Gasteiger partial charge >= 0.3 is 5.97 Å². The van der Waals surface area contributed by atoms with Crippen LogP contribution in [0.3, 0.4) is 0 Å². The zero-order valence-electron chi connectivity index (χ0n) is 15.4. The molecule has 146 valence electrons. The van der Waals surface area contributed by atoms with E-state index < -0.39 is 16.8 Å². The molecule has 0 atom stereocenters. The third kappa shape index (κ3) is 4.26. The topological polar surface area (TPSA) is 102 Å². The fraction of sp³-hybridized carbons (Fsp3) is 0.263. The highest BCUT2D eigenvalue weighted by atomic mass is 32.1. The molecule has 2 aromatic rings. The van der Waals surface area contributed by atoms with Crippen molar-refractivity contribution < 1.29 is 19.2 Å². The van der Waals surface area contributed by atoms with E-state index in [2.05, 4.69) is 10.2 Å². The zero-order chi connectivity index (χ0) is 20.3. The maximum absolute atomic E-state index is 12.4. The van der Waals surface area contributed by atoms with E-state index >= 15 is 0 Å². The summed E-state index contributed by atoms with van der Waals surface area (Å²) in [6, 6.07) is 5.97. The number of methoxy groups -OCH3 is 1. The molecule has 0 aliphatic carbocycles. The summed E-state index contributed by atoms with van der Waals surface area (Å²) in [5.41, 5.74) is 1.82. The second kappa shape index (κ2) is 8.32. The van der Waals surface area contributed by atoms with Gasteiger partial charge in [-0.25, -0.2) is 4.79 Å². The minimum atomic E-state index is -0.493. The minimum Gasteiger partial charge on any atom is -0.465 e. The number of carbonyl (C=O) groups excluding carboxylic acids is 2. The van der Waals surface area contributed by atoms with Crippen molar-refractivity contribution in [3.63, 3.8) is 0 Å². The Morgan fingerprint density at radius 2 is 2.18 bits per heavy atom. The number of esters is 1. The van der Waals surface area contributed by atoms with Crippen LogP contribution in [0.2, 0.25) is 0 Å². The number of hydrogen-bond donors (Lipinski definition) is 1. The number of rotatable bonds is 5. The summed E-state index contributed by atoms with van der Waals surface area (Å²) in [5.74, 6) is -0.899. The van der Waals surface area contributed by atoms with Crippen molar-refractivity contribution >= 4 is 40.0 Å². The molecule has 1 aromatic carbocycles. The van der Waals surface area contributed by atoms with Crippen LogP contribution >= 0.6 is 11.3 Å². The fourth-order valence-electron chi connectivity index (χ4n) is 3.00. The quantitative estimate of drug-likeness (QED) is 0.358. The molecule has 0 spiro atoms. The second-order valence-corrected chi connectivity index (χ2v) is 7.47. The lowest BCUT2D eigenvalue weighted by Crippen LogP contribution is -2.26. The van der Waals surface area contributed by atoms with Crippen LogP contribution in [-0.4, -0.2) is 42.4 Å². The molecule has 1 aliphatic rings. The summed E-state index contributed by atoms with van der Waals surface area (Å²) in [5, 5.41) is 14.0. The van der Waals surface area contributed by atoms with E-state index in [1.807, 2.05) is 7.05 Å². The first-order valence-electron chi connectivity index (χ1n) is 8.54. The zero-order valence-corrected chi connectivity index (χ0v) is 16.2. The van der Waals surface area contributed by atoms with E-state index in [4.69, 9.17) is 4.74 Å². The number of anilines is 1. The van der Waals surface area contributed by atoms with Crippen LogP contribution in [0.25, 0.3) is 6.08 Å². The predicted octanol–water partition coefficient (Wildman–Crippen LogP) is 3.08. The summed E-state index contributed by atoms with van der Waals surface area (Å²) in [4.78, 5) is 38.1. The number of nitrogens with zero attached hydrogens (tertiary/aromatic N) is 2. The molecular weight excluding hydrogens is 382 g/mol. The number of nitrogens with one attached hydrogen (secondary N) is 1. The fourth-order valence-corrected chi connectivity index (χ4v) is 4.32. The van der Waals surface area contributed by atoms with E-state index in [9.17, 15) is 19.7 Å². The molecule has 0 bridgehead atoms. The van der Waals surface area contributed by atoms with Crippen LogP contribution in [0, 0.1) is 10.1 Å². The van der Waals surface area contributed by atoms with Crippen molar-refractivity contribution in [2.75, 3.05) is 26.0 Å². The Morgan fingerprint density at radius 3 is 2.89 bits per heavy atom. The van der Waals surface area contributed by atoms with Crippen LogP contribution in [0.4, 0.5) is 10.7 Å². The number of hydrogen-bond acceptors (Lipinski definition) is 7. The van der Waals surface area contributed by atoms with Gasteiger partial charge in [0.2, 0.25) is 5.91 Å². The third-order valence-corrected chi connectivity index (χ3v) is 5.51. The van der Waals surface area contributed by atoms with Gasteiger partial charge < -0.3 is 15.0 Å². The Kier molecular flexibility index (Phi) is 5.86. The predicted molar refractivity (Wildman–Crippen MR) is 106 cm³/mol. The monoisotopic (exact) mass is 401 g/mol. The number of nitro groups is 1. The van der Waals surface area contributed by atoms with Crippen LogP contribution < -0.4 is 5.32 Å². The number of non-ortho nitro benzene ring substituents is 1. The number of likely N-dealkylation sites (N-methyl/N-ethyl adjacent to an activating group) is 1. The van der Waals surface area contributed by atoms with Gasteiger partial charge in [-0.1, -0.05) is 12.1 Å². The average molecular weight is 401 g/mol. The van der Waals surface area contributed by atoms with E-state index in [0.717, 1.165) is 17.0 Å². The third-order valence-electron chi connectivity index (χ3n) is 4.38. The van der Waals surface area contributed by atoms with E-state index in [1.165, 1.54) is 42.7 Å². The molecule has 1 aromatic heterocycles. The van der Waals surface area contributed by atoms with Gasteiger partial charge in [-0.15, -0.1) is 11.3 Å². The first-order valence-corrected chi connectivity index (χ1v) is 9.35. The molecule has 1 aliphatic heterocycles. The smallest absolute Gasteiger partial charge is 0.341 e. The van der Waals surface area contributed by atoms with Crippen LogP contribution in [0.1, 0.15) is 26.4 Å². The van der Waals surface area contributed by atoms with Crippen molar-refractivity contribution in [1.82, 2.24) is 4.90 Å². The first-order chi connectivity index (χ1) is 13.4. The highest BCUT2D eigenvalue weighted by molar-refractivity contribution is 7.17. The number of ether oxygens (including phenoxy) is 1. The van der Waals surface area contributed by atoms with Crippen LogP contribution in [0.15, 0.2) is 30.3 Å². The summed E-state index contributed by atoms with van der Waals surface area (Å²) in [6.07, 6.45) is 3.48. The first kappa shape index (κ1) is 19.7. The molecule has 1 amide bonds. The van der Waals surface area contributed by atoms with Gasteiger partial charge in [0, 0.05) is 36.2 Å². The van der Waals surface area contributed by atoms with Crippen molar-refractivity contribution in [2.24, 2.45) is 0 Å². The van der Waals surface area contributed by atoms with Gasteiger partial charge in [-0.05, 0) is 30.7 Å². The maximum Gasteiger partial charge on any atom is 0.341 e. The molecular formula is C19H19N3O5S. The maximum atomic E-state index is 12.4. The highest BCUT2D eigenvalue weighted by Crippen LogP contribution is 2.37. The molecule has 8 nitrogen and oxygen atoms in total.